The smallest absolute Gasteiger partial charge is 0.191 e. The lowest BCUT2D eigenvalue weighted by molar-refractivity contribution is 0.434. The van der Waals surface area contributed by atoms with Crippen molar-refractivity contribution in [2.75, 3.05) is 13.1 Å². The number of nitrogens with zero attached hydrogens (tertiary/aromatic N) is 6. The van der Waals surface area contributed by atoms with Gasteiger partial charge in [-0.05, 0) is 39.8 Å². The van der Waals surface area contributed by atoms with Crippen molar-refractivity contribution >= 4 is 11.8 Å². The average Bonchev–Trinajstić information content (AvgIpc) is 3.13. The Hall–Kier alpha value is -1.41. The Morgan fingerprint density at radius 1 is 1.27 bits per heavy atom. The molecule has 0 atom stereocenters. The monoisotopic (exact) mass is 321 g/mol. The Morgan fingerprint density at radius 3 is 2.77 bits per heavy atom. The van der Waals surface area contributed by atoms with Gasteiger partial charge in [-0.1, -0.05) is 11.8 Å². The molecule has 0 amide bonds. The first-order chi connectivity index (χ1) is 10.7. The minimum absolute atomic E-state index is 0.371. The van der Waals surface area contributed by atoms with Gasteiger partial charge in [0.05, 0.1) is 5.75 Å². The van der Waals surface area contributed by atoms with Crippen LogP contribution in [0.1, 0.15) is 50.3 Å². The zero-order chi connectivity index (χ0) is 15.5. The van der Waals surface area contributed by atoms with Crippen molar-refractivity contribution in [3.8, 4) is 0 Å². The van der Waals surface area contributed by atoms with Crippen LogP contribution in [0.2, 0.25) is 0 Å². The Morgan fingerprint density at radius 2 is 2.05 bits per heavy atom. The van der Waals surface area contributed by atoms with E-state index in [0.29, 0.717) is 12.0 Å². The fourth-order valence-electron chi connectivity index (χ4n) is 2.82. The van der Waals surface area contributed by atoms with Crippen molar-refractivity contribution in [3.05, 3.63) is 18.0 Å². The second kappa shape index (κ2) is 6.78. The van der Waals surface area contributed by atoms with Crippen LogP contribution in [-0.4, -0.2) is 42.6 Å². The normalized spacial score (nSPS) is 16.5. The van der Waals surface area contributed by atoms with Gasteiger partial charge in [0.15, 0.2) is 5.16 Å². The third-order valence-electron chi connectivity index (χ3n) is 4.11. The predicted molar refractivity (Wildman–Crippen MR) is 85.8 cm³/mol. The molecule has 2 aromatic heterocycles. The third-order valence-corrected chi connectivity index (χ3v) is 5.12. The van der Waals surface area contributed by atoms with Crippen LogP contribution in [-0.2, 0) is 12.8 Å². The maximum Gasteiger partial charge on any atom is 0.191 e. The molecular weight excluding hydrogens is 298 g/mol. The van der Waals surface area contributed by atoms with Gasteiger partial charge in [0, 0.05) is 19.0 Å². The first kappa shape index (κ1) is 15.5. The summed E-state index contributed by atoms with van der Waals surface area (Å²) in [6.45, 7) is 6.40. The SMILES string of the molecule is CC(C)n1cnnc1CSc1nnc(C2CCNCC2)n1C. The van der Waals surface area contributed by atoms with Gasteiger partial charge in [-0.25, -0.2) is 0 Å². The van der Waals surface area contributed by atoms with Crippen LogP contribution in [0.3, 0.4) is 0 Å². The Labute approximate surface area is 134 Å². The highest BCUT2D eigenvalue weighted by Gasteiger charge is 2.22. The Balaban J connectivity index is 1.68. The van der Waals surface area contributed by atoms with Crippen LogP contribution >= 0.6 is 11.8 Å². The van der Waals surface area contributed by atoms with Crippen molar-refractivity contribution in [2.45, 2.75) is 49.6 Å². The van der Waals surface area contributed by atoms with Gasteiger partial charge < -0.3 is 14.5 Å². The molecule has 1 N–H and O–H groups in total. The molecule has 8 heteroatoms. The van der Waals surface area contributed by atoms with Crippen molar-refractivity contribution in [1.82, 2.24) is 34.8 Å². The number of rotatable bonds is 5. The summed E-state index contributed by atoms with van der Waals surface area (Å²) in [5.74, 6) is 3.37. The molecule has 0 unspecified atom stereocenters. The van der Waals surface area contributed by atoms with E-state index in [1.807, 2.05) is 0 Å². The van der Waals surface area contributed by atoms with Gasteiger partial charge in [-0.2, -0.15) is 0 Å². The van der Waals surface area contributed by atoms with Crippen molar-refractivity contribution < 1.29 is 0 Å². The second-order valence-corrected chi connectivity index (χ2v) is 6.90. The minimum atomic E-state index is 0.371. The van der Waals surface area contributed by atoms with Crippen LogP contribution in [0.25, 0.3) is 0 Å². The lowest BCUT2D eigenvalue weighted by atomic mass is 9.97. The fraction of sp³-hybridized carbons (Fsp3) is 0.714. The van der Waals surface area contributed by atoms with E-state index in [9.17, 15) is 0 Å². The maximum atomic E-state index is 4.42. The van der Waals surface area contributed by atoms with E-state index < -0.39 is 0 Å². The van der Waals surface area contributed by atoms with Crippen LogP contribution in [0, 0.1) is 0 Å². The molecule has 0 aromatic carbocycles. The topological polar surface area (TPSA) is 73.4 Å². The molecule has 3 heterocycles. The van der Waals surface area contributed by atoms with E-state index in [1.165, 1.54) is 0 Å². The van der Waals surface area contributed by atoms with E-state index >= 15 is 0 Å². The quantitative estimate of drug-likeness (QED) is 0.846. The number of thioether (sulfide) groups is 1. The van der Waals surface area contributed by atoms with Gasteiger partial charge >= 0.3 is 0 Å². The molecule has 1 aliphatic rings. The van der Waals surface area contributed by atoms with Gasteiger partial charge in [0.25, 0.3) is 0 Å². The number of aromatic nitrogens is 6. The van der Waals surface area contributed by atoms with Gasteiger partial charge in [0.1, 0.15) is 18.0 Å². The third kappa shape index (κ3) is 3.17. The molecule has 3 rings (SSSR count). The predicted octanol–water partition coefficient (Wildman–Crippen LogP) is 1.75. The fourth-order valence-corrected chi connectivity index (χ4v) is 3.67. The molecule has 120 valence electrons. The van der Waals surface area contributed by atoms with E-state index in [1.54, 1.807) is 18.1 Å². The summed E-state index contributed by atoms with van der Waals surface area (Å²) in [6.07, 6.45) is 4.06. The summed E-state index contributed by atoms with van der Waals surface area (Å²) < 4.78 is 4.23. The van der Waals surface area contributed by atoms with Crippen molar-refractivity contribution in [1.29, 1.82) is 0 Å². The molecule has 1 aliphatic heterocycles. The highest BCUT2D eigenvalue weighted by Crippen LogP contribution is 2.27. The van der Waals surface area contributed by atoms with Gasteiger partial charge in [0.2, 0.25) is 0 Å². The molecule has 0 saturated carbocycles. The molecule has 0 aliphatic carbocycles. The average molecular weight is 321 g/mol. The zero-order valence-electron chi connectivity index (χ0n) is 13.4. The molecule has 0 radical (unpaired) electrons. The van der Waals surface area contributed by atoms with Crippen LogP contribution < -0.4 is 5.32 Å². The van der Waals surface area contributed by atoms with Crippen molar-refractivity contribution in [3.63, 3.8) is 0 Å². The van der Waals surface area contributed by atoms with E-state index in [2.05, 4.69) is 55.7 Å². The van der Waals surface area contributed by atoms with Gasteiger partial charge in [-0.3, -0.25) is 0 Å². The molecule has 2 aromatic rings. The summed E-state index contributed by atoms with van der Waals surface area (Å²) in [5, 5.41) is 21.3. The standard InChI is InChI=1S/C14H23N7S/c1-10(2)21-9-16-17-12(21)8-22-14-19-18-13(20(14)3)11-4-6-15-7-5-11/h9-11,15H,4-8H2,1-3H3. The number of hydrogen-bond donors (Lipinski definition) is 1. The summed E-state index contributed by atoms with van der Waals surface area (Å²) in [6, 6.07) is 0.371. The highest BCUT2D eigenvalue weighted by atomic mass is 32.2. The highest BCUT2D eigenvalue weighted by molar-refractivity contribution is 7.98. The summed E-state index contributed by atoms with van der Waals surface area (Å²) in [4.78, 5) is 0. The number of hydrogen-bond acceptors (Lipinski definition) is 6. The molecule has 22 heavy (non-hydrogen) atoms. The summed E-state index contributed by atoms with van der Waals surface area (Å²) >= 11 is 1.67. The second-order valence-electron chi connectivity index (χ2n) is 5.96. The maximum absolute atomic E-state index is 4.42. The molecule has 7 nitrogen and oxygen atoms in total. The molecular formula is C14H23N7S. The Kier molecular flexibility index (Phi) is 4.77. The summed E-state index contributed by atoms with van der Waals surface area (Å²) in [7, 11) is 2.06. The van der Waals surface area contributed by atoms with Crippen molar-refractivity contribution in [2.24, 2.45) is 7.05 Å². The first-order valence-electron chi connectivity index (χ1n) is 7.78. The lowest BCUT2D eigenvalue weighted by Gasteiger charge is -2.21. The molecule has 0 spiro atoms. The molecule has 0 bridgehead atoms. The Bertz CT molecular complexity index is 612. The van der Waals surface area contributed by atoms with E-state index in [-0.39, 0.29) is 0 Å². The van der Waals surface area contributed by atoms with E-state index in [0.717, 1.165) is 48.5 Å². The lowest BCUT2D eigenvalue weighted by Crippen LogP contribution is -2.27. The van der Waals surface area contributed by atoms with Crippen LogP contribution in [0.4, 0.5) is 0 Å². The molecule has 1 fully saturated rings. The van der Waals surface area contributed by atoms with E-state index in [4.69, 9.17) is 0 Å². The van der Waals surface area contributed by atoms with Crippen LogP contribution in [0.5, 0.6) is 0 Å². The first-order valence-corrected chi connectivity index (χ1v) is 8.76. The largest absolute Gasteiger partial charge is 0.317 e. The minimum Gasteiger partial charge on any atom is -0.317 e. The zero-order valence-corrected chi connectivity index (χ0v) is 14.2. The molecule has 1 saturated heterocycles. The van der Waals surface area contributed by atoms with Gasteiger partial charge in [-0.15, -0.1) is 20.4 Å². The number of nitrogens with one attached hydrogen (secondary N) is 1. The van der Waals surface area contributed by atoms with Crippen LogP contribution in [0.15, 0.2) is 11.5 Å². The summed E-state index contributed by atoms with van der Waals surface area (Å²) in [5.41, 5.74) is 0. The number of piperidine rings is 1.